The molecule has 0 unspecified atom stereocenters. The molecule has 1 aromatic carbocycles. The predicted octanol–water partition coefficient (Wildman–Crippen LogP) is 3.75. The molecule has 0 atom stereocenters. The third-order valence-electron chi connectivity index (χ3n) is 4.99. The van der Waals surface area contributed by atoms with Gasteiger partial charge in [-0.1, -0.05) is 6.07 Å². The molecule has 1 saturated heterocycles. The van der Waals surface area contributed by atoms with E-state index in [1.165, 1.54) is 12.1 Å². The van der Waals surface area contributed by atoms with Gasteiger partial charge in [0.1, 0.15) is 11.6 Å². The van der Waals surface area contributed by atoms with Crippen molar-refractivity contribution in [2.45, 2.75) is 33.2 Å². The number of aliphatic imine (C=N–C) groups is 1. The Hall–Kier alpha value is -3.16. The maximum atomic E-state index is 13.0. The van der Waals surface area contributed by atoms with E-state index in [2.05, 4.69) is 15.2 Å². The molecule has 0 spiro atoms. The number of nitrogens with one attached hydrogen (secondary N) is 1. The van der Waals surface area contributed by atoms with Crippen LogP contribution in [0.4, 0.5) is 4.39 Å². The van der Waals surface area contributed by atoms with Crippen molar-refractivity contribution >= 4 is 11.9 Å². The summed E-state index contributed by atoms with van der Waals surface area (Å²) in [7, 11) is 0. The number of carbonyl (C=O) groups is 1. The number of halogens is 1. The number of benzene rings is 1. The Morgan fingerprint density at radius 3 is 2.55 bits per heavy atom. The highest BCUT2D eigenvalue weighted by atomic mass is 19.1. The van der Waals surface area contributed by atoms with Crippen LogP contribution in [0.15, 0.2) is 47.6 Å². The smallest absolute Gasteiger partial charge is 0.309 e. The summed E-state index contributed by atoms with van der Waals surface area (Å²) in [6.45, 7) is 7.05. The number of hydrogen-bond donors (Lipinski definition) is 1. The van der Waals surface area contributed by atoms with Gasteiger partial charge in [-0.2, -0.15) is 0 Å². The summed E-state index contributed by atoms with van der Waals surface area (Å²) in [5, 5.41) is 3.32. The van der Waals surface area contributed by atoms with Gasteiger partial charge in [-0.25, -0.2) is 14.4 Å². The molecule has 1 aliphatic heterocycles. The van der Waals surface area contributed by atoms with Gasteiger partial charge in [0.15, 0.2) is 5.96 Å². The van der Waals surface area contributed by atoms with Crippen LogP contribution in [0, 0.1) is 11.7 Å². The Kier molecular flexibility index (Phi) is 8.20. The number of ether oxygens (including phenoxy) is 2. The summed E-state index contributed by atoms with van der Waals surface area (Å²) in [6, 6.07) is 9.48. The molecule has 1 N–H and O–H groups in total. The van der Waals surface area contributed by atoms with Crippen LogP contribution in [-0.4, -0.2) is 48.1 Å². The number of nitrogens with zero attached hydrogens (tertiary/aromatic N) is 3. The Labute approximate surface area is 182 Å². The Morgan fingerprint density at radius 1 is 1.19 bits per heavy atom. The molecule has 166 valence electrons. The molecule has 0 radical (unpaired) electrons. The zero-order valence-electron chi connectivity index (χ0n) is 18.0. The minimum atomic E-state index is -0.310. The summed E-state index contributed by atoms with van der Waals surface area (Å²) in [4.78, 5) is 23.2. The Morgan fingerprint density at radius 2 is 1.94 bits per heavy atom. The number of guanidine groups is 1. The Bertz CT molecular complexity index is 863. The Balaban J connectivity index is 1.56. The summed E-state index contributed by atoms with van der Waals surface area (Å²) in [5.74, 6) is 1.36. The fourth-order valence-electron chi connectivity index (χ4n) is 3.37. The van der Waals surface area contributed by atoms with E-state index < -0.39 is 0 Å². The van der Waals surface area contributed by atoms with Crippen molar-refractivity contribution in [1.82, 2.24) is 15.2 Å². The fraction of sp³-hybridized carbons (Fsp3) is 0.435. The summed E-state index contributed by atoms with van der Waals surface area (Å²) >= 11 is 0. The lowest BCUT2D eigenvalue weighted by Gasteiger charge is -2.33. The normalized spacial score (nSPS) is 14.9. The van der Waals surface area contributed by atoms with E-state index in [1.807, 2.05) is 19.9 Å². The SMILES string of the molecule is CCNC(=NCc1ccc(Oc2ccc(F)cc2)nc1)N1CCC(C(=O)OCC)CC1. The van der Waals surface area contributed by atoms with Crippen molar-refractivity contribution in [1.29, 1.82) is 0 Å². The lowest BCUT2D eigenvalue weighted by molar-refractivity contribution is -0.149. The van der Waals surface area contributed by atoms with Gasteiger partial charge in [-0.15, -0.1) is 0 Å². The number of likely N-dealkylation sites (tertiary alicyclic amines) is 1. The van der Waals surface area contributed by atoms with E-state index in [0.29, 0.717) is 24.8 Å². The van der Waals surface area contributed by atoms with Gasteiger partial charge < -0.3 is 19.7 Å². The van der Waals surface area contributed by atoms with E-state index in [1.54, 1.807) is 24.4 Å². The summed E-state index contributed by atoms with van der Waals surface area (Å²) in [6.07, 6.45) is 3.25. The first kappa shape index (κ1) is 22.5. The average Bonchev–Trinajstić information content (AvgIpc) is 2.79. The number of hydrogen-bond acceptors (Lipinski definition) is 5. The van der Waals surface area contributed by atoms with Gasteiger partial charge in [0, 0.05) is 31.9 Å². The average molecular weight is 429 g/mol. The zero-order chi connectivity index (χ0) is 22.1. The lowest BCUT2D eigenvalue weighted by Crippen LogP contribution is -2.46. The second-order valence-corrected chi connectivity index (χ2v) is 7.24. The van der Waals surface area contributed by atoms with Crippen molar-refractivity contribution in [2.24, 2.45) is 10.9 Å². The quantitative estimate of drug-likeness (QED) is 0.411. The van der Waals surface area contributed by atoms with E-state index >= 15 is 0 Å². The minimum Gasteiger partial charge on any atom is -0.466 e. The van der Waals surface area contributed by atoms with E-state index in [9.17, 15) is 9.18 Å². The van der Waals surface area contributed by atoms with Crippen molar-refractivity contribution in [2.75, 3.05) is 26.2 Å². The van der Waals surface area contributed by atoms with Gasteiger partial charge in [-0.05, 0) is 56.5 Å². The number of esters is 1. The first-order chi connectivity index (χ1) is 15.1. The van der Waals surface area contributed by atoms with Crippen molar-refractivity contribution in [3.63, 3.8) is 0 Å². The molecule has 2 aromatic rings. The third-order valence-corrected chi connectivity index (χ3v) is 4.99. The van der Waals surface area contributed by atoms with Crippen LogP contribution in [0.3, 0.4) is 0 Å². The number of aromatic nitrogens is 1. The van der Waals surface area contributed by atoms with Crippen LogP contribution in [0.1, 0.15) is 32.3 Å². The van der Waals surface area contributed by atoms with Crippen LogP contribution in [-0.2, 0) is 16.1 Å². The van der Waals surface area contributed by atoms with E-state index in [4.69, 9.17) is 14.5 Å². The molecule has 8 heteroatoms. The van der Waals surface area contributed by atoms with E-state index in [0.717, 1.165) is 44.0 Å². The molecule has 1 fully saturated rings. The molecule has 1 aliphatic rings. The van der Waals surface area contributed by atoms with E-state index in [-0.39, 0.29) is 17.7 Å². The van der Waals surface area contributed by atoms with Gasteiger partial charge in [0.2, 0.25) is 5.88 Å². The molecule has 0 saturated carbocycles. The molecular formula is C23H29FN4O3. The molecule has 31 heavy (non-hydrogen) atoms. The van der Waals surface area contributed by atoms with Gasteiger partial charge in [-0.3, -0.25) is 4.79 Å². The maximum Gasteiger partial charge on any atom is 0.309 e. The number of pyridine rings is 1. The fourth-order valence-corrected chi connectivity index (χ4v) is 3.37. The van der Waals surface area contributed by atoms with Gasteiger partial charge in [0.05, 0.1) is 19.1 Å². The molecule has 2 heterocycles. The van der Waals surface area contributed by atoms with Gasteiger partial charge >= 0.3 is 5.97 Å². The topological polar surface area (TPSA) is 76.1 Å². The first-order valence-electron chi connectivity index (χ1n) is 10.7. The monoisotopic (exact) mass is 428 g/mol. The van der Waals surface area contributed by atoms with Crippen LogP contribution in [0.2, 0.25) is 0 Å². The molecule has 1 aromatic heterocycles. The summed E-state index contributed by atoms with van der Waals surface area (Å²) in [5.41, 5.74) is 0.947. The van der Waals surface area contributed by atoms with Crippen LogP contribution in [0.25, 0.3) is 0 Å². The molecule has 0 amide bonds. The van der Waals surface area contributed by atoms with Crippen LogP contribution < -0.4 is 10.1 Å². The summed E-state index contributed by atoms with van der Waals surface area (Å²) < 4.78 is 23.8. The predicted molar refractivity (Wildman–Crippen MR) is 116 cm³/mol. The van der Waals surface area contributed by atoms with Crippen molar-refractivity contribution in [3.05, 3.63) is 54.0 Å². The number of piperidine rings is 1. The maximum absolute atomic E-state index is 13.0. The lowest BCUT2D eigenvalue weighted by atomic mass is 9.97. The first-order valence-corrected chi connectivity index (χ1v) is 10.7. The molecule has 0 bridgehead atoms. The third kappa shape index (κ3) is 6.67. The number of carbonyl (C=O) groups excluding carboxylic acids is 1. The molecule has 0 aliphatic carbocycles. The second kappa shape index (κ2) is 11.3. The second-order valence-electron chi connectivity index (χ2n) is 7.24. The molecule has 3 rings (SSSR count). The number of rotatable bonds is 7. The zero-order valence-corrected chi connectivity index (χ0v) is 18.0. The standard InChI is InChI=1S/C23H29FN4O3/c1-3-25-23(28-13-11-18(12-14-28)22(29)30-4-2)27-16-17-5-10-21(26-15-17)31-20-8-6-19(24)7-9-20/h5-10,15,18H,3-4,11-14,16H2,1-2H3,(H,25,27). The molecule has 7 nitrogen and oxygen atoms in total. The highest BCUT2D eigenvalue weighted by Crippen LogP contribution is 2.21. The highest BCUT2D eigenvalue weighted by Gasteiger charge is 2.27. The van der Waals surface area contributed by atoms with Crippen LogP contribution in [0.5, 0.6) is 11.6 Å². The highest BCUT2D eigenvalue weighted by molar-refractivity contribution is 5.80. The van der Waals surface area contributed by atoms with Gasteiger partial charge in [0.25, 0.3) is 0 Å². The van der Waals surface area contributed by atoms with Crippen molar-refractivity contribution < 1.29 is 18.7 Å². The largest absolute Gasteiger partial charge is 0.466 e. The van der Waals surface area contributed by atoms with Crippen molar-refractivity contribution in [3.8, 4) is 11.6 Å². The van der Waals surface area contributed by atoms with Crippen LogP contribution >= 0.6 is 0 Å². The minimum absolute atomic E-state index is 0.0306. The molecular weight excluding hydrogens is 399 g/mol.